The molecule has 0 bridgehead atoms. The molecule has 0 aliphatic rings. The number of benzene rings is 1. The van der Waals surface area contributed by atoms with Crippen LogP contribution in [0.3, 0.4) is 0 Å². The molecule has 10 heteroatoms. The minimum Gasteiger partial charge on any atom is -0.410 e. The van der Waals surface area contributed by atoms with Gasteiger partial charge in [-0.3, -0.25) is 4.79 Å². The van der Waals surface area contributed by atoms with E-state index in [9.17, 15) is 18.0 Å². The van der Waals surface area contributed by atoms with Crippen LogP contribution in [0.5, 0.6) is 0 Å². The fourth-order valence-corrected chi connectivity index (χ4v) is 3.28. The van der Waals surface area contributed by atoms with Crippen molar-refractivity contribution in [3.8, 4) is 10.8 Å². The van der Waals surface area contributed by atoms with E-state index in [-0.39, 0.29) is 16.8 Å². The monoisotopic (exact) mass is 399 g/mol. The van der Waals surface area contributed by atoms with Crippen LogP contribution < -0.4 is 5.32 Å². The van der Waals surface area contributed by atoms with Crippen LogP contribution in [-0.2, 0) is 11.0 Å². The van der Waals surface area contributed by atoms with Crippen LogP contribution in [0.4, 0.5) is 18.9 Å². The molecule has 1 aromatic carbocycles. The Morgan fingerprint density at radius 3 is 2.58 bits per heavy atom. The summed E-state index contributed by atoms with van der Waals surface area (Å²) in [5.41, 5.74) is -0.495. The Kier molecular flexibility index (Phi) is 5.33. The summed E-state index contributed by atoms with van der Waals surface area (Å²) in [4.78, 5) is 13.0. The Hall–Kier alpha value is -2.33. The molecule has 0 saturated carbocycles. The summed E-state index contributed by atoms with van der Waals surface area (Å²) in [7, 11) is 0. The van der Waals surface area contributed by atoms with Crippen LogP contribution in [0.25, 0.3) is 10.8 Å². The Balaban J connectivity index is 1.59. The number of nitrogens with zero attached hydrogens (tertiary/aromatic N) is 2. The van der Waals surface area contributed by atoms with E-state index in [1.54, 1.807) is 6.92 Å². The first-order chi connectivity index (χ1) is 12.3. The molecule has 1 atom stereocenters. The van der Waals surface area contributed by atoms with Crippen LogP contribution in [0, 0.1) is 0 Å². The predicted molar refractivity (Wildman–Crippen MR) is 93.0 cm³/mol. The van der Waals surface area contributed by atoms with Crippen LogP contribution in [-0.4, -0.2) is 21.4 Å². The molecule has 136 valence electrons. The standard InChI is InChI=1S/C16H12F3N3O2S2/c1-9(26-15-22-21-14(24-15)12-3-2-8-25-12)13(23)20-11-6-4-10(5-7-11)16(17,18)19/h2-9H,1H3,(H,20,23). The molecule has 5 nitrogen and oxygen atoms in total. The normalized spacial score (nSPS) is 12.8. The van der Waals surface area contributed by atoms with Crippen molar-refractivity contribution in [3.63, 3.8) is 0 Å². The fraction of sp³-hybridized carbons (Fsp3) is 0.188. The third kappa shape index (κ3) is 4.44. The molecule has 0 radical (unpaired) electrons. The van der Waals surface area contributed by atoms with Gasteiger partial charge in [-0.25, -0.2) is 0 Å². The zero-order valence-electron chi connectivity index (χ0n) is 13.3. The molecule has 2 heterocycles. The van der Waals surface area contributed by atoms with Crippen molar-refractivity contribution >= 4 is 34.7 Å². The Labute approximate surface area is 154 Å². The second kappa shape index (κ2) is 7.50. The summed E-state index contributed by atoms with van der Waals surface area (Å²) in [6.45, 7) is 1.64. The van der Waals surface area contributed by atoms with E-state index in [1.165, 1.54) is 23.5 Å². The van der Waals surface area contributed by atoms with Crippen LogP contribution in [0.15, 0.2) is 51.4 Å². The minimum absolute atomic E-state index is 0.239. The number of carbonyl (C=O) groups is 1. The molecule has 1 unspecified atom stereocenters. The number of aromatic nitrogens is 2. The molecule has 0 aliphatic heterocycles. The summed E-state index contributed by atoms with van der Waals surface area (Å²) < 4.78 is 43.1. The van der Waals surface area contributed by atoms with E-state index < -0.39 is 17.0 Å². The maximum atomic E-state index is 12.5. The zero-order chi connectivity index (χ0) is 18.7. The largest absolute Gasteiger partial charge is 0.416 e. The highest BCUT2D eigenvalue weighted by Gasteiger charge is 2.30. The van der Waals surface area contributed by atoms with Gasteiger partial charge >= 0.3 is 6.18 Å². The lowest BCUT2D eigenvalue weighted by Gasteiger charge is -2.11. The molecule has 3 rings (SSSR count). The molecule has 2 aromatic heterocycles. The van der Waals surface area contributed by atoms with Crippen LogP contribution >= 0.6 is 23.1 Å². The van der Waals surface area contributed by atoms with Crippen molar-refractivity contribution in [1.82, 2.24) is 10.2 Å². The average Bonchev–Trinajstić information content (AvgIpc) is 3.25. The summed E-state index contributed by atoms with van der Waals surface area (Å²) in [6, 6.07) is 7.95. The maximum absolute atomic E-state index is 12.5. The lowest BCUT2D eigenvalue weighted by molar-refractivity contribution is -0.137. The highest BCUT2D eigenvalue weighted by Crippen LogP contribution is 2.31. The van der Waals surface area contributed by atoms with Crippen molar-refractivity contribution in [2.45, 2.75) is 23.6 Å². The number of rotatable bonds is 5. The number of hydrogen-bond acceptors (Lipinski definition) is 6. The minimum atomic E-state index is -4.41. The summed E-state index contributed by atoms with van der Waals surface area (Å²) in [5.74, 6) is -0.0107. The molecule has 1 N–H and O–H groups in total. The number of halogens is 3. The smallest absolute Gasteiger partial charge is 0.410 e. The lowest BCUT2D eigenvalue weighted by Crippen LogP contribution is -2.22. The first-order valence-electron chi connectivity index (χ1n) is 7.35. The van der Waals surface area contributed by atoms with Gasteiger partial charge < -0.3 is 9.73 Å². The third-order valence-corrected chi connectivity index (χ3v) is 5.06. The van der Waals surface area contributed by atoms with Crippen molar-refractivity contribution in [2.75, 3.05) is 5.32 Å². The molecular formula is C16H12F3N3O2S2. The number of amides is 1. The van der Waals surface area contributed by atoms with Gasteiger partial charge in [0.15, 0.2) is 0 Å². The molecule has 0 fully saturated rings. The number of anilines is 1. The van der Waals surface area contributed by atoms with E-state index in [4.69, 9.17) is 4.42 Å². The van der Waals surface area contributed by atoms with Gasteiger partial charge in [-0.05, 0) is 42.6 Å². The topological polar surface area (TPSA) is 68.0 Å². The zero-order valence-corrected chi connectivity index (χ0v) is 14.9. The Bertz CT molecular complexity index is 877. The highest BCUT2D eigenvalue weighted by molar-refractivity contribution is 8.00. The lowest BCUT2D eigenvalue weighted by atomic mass is 10.2. The first-order valence-corrected chi connectivity index (χ1v) is 9.11. The first kappa shape index (κ1) is 18.5. The van der Waals surface area contributed by atoms with Gasteiger partial charge in [0.1, 0.15) is 0 Å². The molecule has 3 aromatic rings. The van der Waals surface area contributed by atoms with E-state index in [2.05, 4.69) is 15.5 Å². The summed E-state index contributed by atoms with van der Waals surface area (Å²) >= 11 is 2.52. The third-order valence-electron chi connectivity index (χ3n) is 3.27. The van der Waals surface area contributed by atoms with E-state index in [0.717, 1.165) is 28.8 Å². The van der Waals surface area contributed by atoms with Gasteiger partial charge in [-0.15, -0.1) is 21.5 Å². The maximum Gasteiger partial charge on any atom is 0.416 e. The van der Waals surface area contributed by atoms with E-state index in [1.807, 2.05) is 17.5 Å². The van der Waals surface area contributed by atoms with Crippen molar-refractivity contribution < 1.29 is 22.4 Å². The predicted octanol–water partition coefficient (Wildman–Crippen LogP) is 4.94. The molecule has 0 aliphatic carbocycles. The number of carbonyl (C=O) groups excluding carboxylic acids is 1. The van der Waals surface area contributed by atoms with Gasteiger partial charge in [-0.2, -0.15) is 13.2 Å². The van der Waals surface area contributed by atoms with Crippen LogP contribution in [0.2, 0.25) is 0 Å². The summed E-state index contributed by atoms with van der Waals surface area (Å²) in [5, 5.41) is 11.9. The molecular weight excluding hydrogens is 387 g/mol. The highest BCUT2D eigenvalue weighted by atomic mass is 32.2. The quantitative estimate of drug-likeness (QED) is 0.616. The number of hydrogen-bond donors (Lipinski definition) is 1. The fourth-order valence-electron chi connectivity index (χ4n) is 1.95. The van der Waals surface area contributed by atoms with E-state index >= 15 is 0 Å². The van der Waals surface area contributed by atoms with Crippen molar-refractivity contribution in [2.24, 2.45) is 0 Å². The average molecular weight is 399 g/mol. The SMILES string of the molecule is CC(Sc1nnc(-c2cccs2)o1)C(=O)Nc1ccc(C(F)(F)F)cc1. The molecule has 0 saturated heterocycles. The van der Waals surface area contributed by atoms with Crippen LogP contribution in [0.1, 0.15) is 12.5 Å². The Morgan fingerprint density at radius 2 is 1.96 bits per heavy atom. The number of thioether (sulfide) groups is 1. The van der Waals surface area contributed by atoms with Gasteiger partial charge in [0.05, 0.1) is 15.7 Å². The van der Waals surface area contributed by atoms with Crippen molar-refractivity contribution in [1.29, 1.82) is 0 Å². The van der Waals surface area contributed by atoms with E-state index in [0.29, 0.717) is 5.89 Å². The summed E-state index contributed by atoms with van der Waals surface area (Å²) in [6.07, 6.45) is -4.41. The molecule has 26 heavy (non-hydrogen) atoms. The van der Waals surface area contributed by atoms with Gasteiger partial charge in [0.2, 0.25) is 5.91 Å². The van der Waals surface area contributed by atoms with Gasteiger partial charge in [0.25, 0.3) is 11.1 Å². The second-order valence-electron chi connectivity index (χ2n) is 5.17. The van der Waals surface area contributed by atoms with Crippen molar-refractivity contribution in [3.05, 3.63) is 47.3 Å². The number of nitrogens with one attached hydrogen (secondary N) is 1. The number of thiophene rings is 1. The second-order valence-corrected chi connectivity index (χ2v) is 7.41. The molecule has 0 spiro atoms. The molecule has 1 amide bonds. The number of alkyl halides is 3. The van der Waals surface area contributed by atoms with Gasteiger partial charge in [-0.1, -0.05) is 17.8 Å². The van der Waals surface area contributed by atoms with Gasteiger partial charge in [0, 0.05) is 5.69 Å². The Morgan fingerprint density at radius 1 is 1.23 bits per heavy atom.